The number of carbonyl (C=O) groups excluding carboxylic acids is 1. The minimum Gasteiger partial charge on any atom is -0.370 e. The molecule has 4 N–H and O–H groups in total. The molecule has 5 nitrogen and oxygen atoms in total. The third-order valence-corrected chi connectivity index (χ3v) is 3.20. The summed E-state index contributed by atoms with van der Waals surface area (Å²) in [7, 11) is 0. The lowest BCUT2D eigenvalue weighted by Crippen LogP contribution is -2.39. The van der Waals surface area contributed by atoms with E-state index in [9.17, 15) is 4.79 Å². The molecule has 0 bridgehead atoms. The van der Waals surface area contributed by atoms with Crippen LogP contribution in [0.5, 0.6) is 0 Å². The smallest absolute Gasteiger partial charge is 0.227 e. The van der Waals surface area contributed by atoms with Crippen molar-refractivity contribution in [1.29, 1.82) is 0 Å². The predicted octanol–water partition coefficient (Wildman–Crippen LogP) is 2.14. The largest absolute Gasteiger partial charge is 0.370 e. The van der Waals surface area contributed by atoms with Gasteiger partial charge in [0, 0.05) is 12.2 Å². The Labute approximate surface area is 127 Å². The molecule has 0 radical (unpaired) electrons. The normalized spacial score (nSPS) is 12.1. The van der Waals surface area contributed by atoms with Gasteiger partial charge in [0.2, 0.25) is 5.91 Å². The van der Waals surface area contributed by atoms with Crippen molar-refractivity contribution in [2.75, 3.05) is 18.4 Å². The predicted molar refractivity (Wildman–Crippen MR) is 88.4 cm³/mol. The van der Waals surface area contributed by atoms with Gasteiger partial charge in [-0.05, 0) is 44.9 Å². The average molecular weight is 290 g/mol. The molecule has 21 heavy (non-hydrogen) atoms. The Bertz CT molecular complexity index is 509. The van der Waals surface area contributed by atoms with E-state index in [-0.39, 0.29) is 5.91 Å². The SMILES string of the molecule is CCNC(=O)C(C)(C)CN=C(N)Nc1cccc(CC)c1. The molecule has 1 rings (SSSR count). The molecule has 116 valence electrons. The first-order valence-electron chi connectivity index (χ1n) is 7.33. The summed E-state index contributed by atoms with van der Waals surface area (Å²) in [5.41, 5.74) is 7.45. The lowest BCUT2D eigenvalue weighted by molar-refractivity contribution is -0.128. The second-order valence-electron chi connectivity index (χ2n) is 5.62. The Kier molecular flexibility index (Phi) is 6.21. The lowest BCUT2D eigenvalue weighted by Gasteiger charge is -2.21. The van der Waals surface area contributed by atoms with Crippen molar-refractivity contribution in [3.05, 3.63) is 29.8 Å². The van der Waals surface area contributed by atoms with Crippen LogP contribution in [-0.2, 0) is 11.2 Å². The second-order valence-corrected chi connectivity index (χ2v) is 5.62. The quantitative estimate of drug-likeness (QED) is 0.555. The van der Waals surface area contributed by atoms with Gasteiger partial charge in [0.25, 0.3) is 0 Å². The fourth-order valence-electron chi connectivity index (χ4n) is 1.81. The van der Waals surface area contributed by atoms with Crippen LogP contribution in [0.2, 0.25) is 0 Å². The maximum absolute atomic E-state index is 11.9. The van der Waals surface area contributed by atoms with Crippen LogP contribution >= 0.6 is 0 Å². The Balaban J connectivity index is 2.66. The van der Waals surface area contributed by atoms with E-state index in [2.05, 4.69) is 28.6 Å². The molecule has 1 amide bonds. The topological polar surface area (TPSA) is 79.5 Å². The first-order chi connectivity index (χ1) is 9.89. The van der Waals surface area contributed by atoms with Gasteiger partial charge in [0.15, 0.2) is 5.96 Å². The summed E-state index contributed by atoms with van der Waals surface area (Å²) >= 11 is 0. The van der Waals surface area contributed by atoms with Crippen LogP contribution in [0.3, 0.4) is 0 Å². The summed E-state index contributed by atoms with van der Waals surface area (Å²) in [5.74, 6) is 0.301. The zero-order valence-electron chi connectivity index (χ0n) is 13.4. The van der Waals surface area contributed by atoms with Crippen molar-refractivity contribution in [3.8, 4) is 0 Å². The van der Waals surface area contributed by atoms with Gasteiger partial charge >= 0.3 is 0 Å². The Hall–Kier alpha value is -2.04. The fraction of sp³-hybridized carbons (Fsp3) is 0.500. The van der Waals surface area contributed by atoms with Gasteiger partial charge in [0.1, 0.15) is 0 Å². The first kappa shape index (κ1) is 17.0. The second kappa shape index (κ2) is 7.67. The van der Waals surface area contributed by atoms with Crippen molar-refractivity contribution in [2.24, 2.45) is 16.1 Å². The van der Waals surface area contributed by atoms with Gasteiger partial charge in [-0.1, -0.05) is 19.1 Å². The Morgan fingerprint density at radius 2 is 2.05 bits per heavy atom. The van der Waals surface area contributed by atoms with Gasteiger partial charge in [-0.15, -0.1) is 0 Å². The van der Waals surface area contributed by atoms with Crippen molar-refractivity contribution in [1.82, 2.24) is 5.32 Å². The molecule has 1 aromatic carbocycles. The van der Waals surface area contributed by atoms with Gasteiger partial charge in [-0.2, -0.15) is 0 Å². The summed E-state index contributed by atoms with van der Waals surface area (Å²) in [5, 5.41) is 5.86. The molecule has 0 aliphatic heterocycles. The van der Waals surface area contributed by atoms with Crippen molar-refractivity contribution in [2.45, 2.75) is 34.1 Å². The van der Waals surface area contributed by atoms with E-state index >= 15 is 0 Å². The molecule has 0 aliphatic rings. The highest BCUT2D eigenvalue weighted by atomic mass is 16.2. The van der Waals surface area contributed by atoms with Gasteiger partial charge < -0.3 is 16.4 Å². The van der Waals surface area contributed by atoms with E-state index in [1.807, 2.05) is 39.0 Å². The van der Waals surface area contributed by atoms with Gasteiger partial charge in [-0.3, -0.25) is 9.79 Å². The number of amides is 1. The van der Waals surface area contributed by atoms with Crippen LogP contribution in [0.25, 0.3) is 0 Å². The van der Waals surface area contributed by atoms with Gasteiger partial charge in [-0.25, -0.2) is 0 Å². The average Bonchev–Trinajstić information content (AvgIpc) is 2.45. The van der Waals surface area contributed by atoms with Crippen LogP contribution in [0.15, 0.2) is 29.3 Å². The van der Waals surface area contributed by atoms with Gasteiger partial charge in [0.05, 0.1) is 12.0 Å². The minimum absolute atomic E-state index is 0.0190. The minimum atomic E-state index is -0.576. The number of aryl methyl sites for hydroxylation is 1. The lowest BCUT2D eigenvalue weighted by atomic mass is 9.92. The molecule has 0 saturated heterocycles. The summed E-state index contributed by atoms with van der Waals surface area (Å²) in [6, 6.07) is 8.03. The molecule has 0 aliphatic carbocycles. The summed E-state index contributed by atoms with van der Waals surface area (Å²) < 4.78 is 0. The monoisotopic (exact) mass is 290 g/mol. The maximum atomic E-state index is 11.9. The number of benzene rings is 1. The number of hydrogen-bond acceptors (Lipinski definition) is 2. The molecule has 0 spiro atoms. The standard InChI is InChI=1S/C16H26N4O/c1-5-12-8-7-9-13(10-12)20-15(17)19-11-16(3,4)14(21)18-6-2/h7-10H,5-6,11H2,1-4H3,(H,18,21)(H3,17,19,20). The molecular weight excluding hydrogens is 264 g/mol. The van der Waals surface area contributed by atoms with E-state index in [0.29, 0.717) is 19.0 Å². The molecule has 0 heterocycles. The number of carbonyl (C=O) groups is 1. The molecule has 5 heteroatoms. The third-order valence-electron chi connectivity index (χ3n) is 3.20. The van der Waals surface area contributed by atoms with Crippen LogP contribution in [0, 0.1) is 5.41 Å². The van der Waals surface area contributed by atoms with E-state index in [4.69, 9.17) is 5.73 Å². The zero-order chi connectivity index (χ0) is 15.9. The van der Waals surface area contributed by atoms with E-state index in [1.165, 1.54) is 5.56 Å². The van der Waals surface area contributed by atoms with Crippen molar-refractivity contribution >= 4 is 17.6 Å². The number of nitrogens with one attached hydrogen (secondary N) is 2. The number of nitrogens with zero attached hydrogens (tertiary/aromatic N) is 1. The van der Waals surface area contributed by atoms with Crippen LogP contribution in [0.1, 0.15) is 33.3 Å². The summed E-state index contributed by atoms with van der Waals surface area (Å²) in [6.45, 7) is 8.66. The fourth-order valence-corrected chi connectivity index (χ4v) is 1.81. The summed E-state index contributed by atoms with van der Waals surface area (Å²) in [4.78, 5) is 16.1. The van der Waals surface area contributed by atoms with Crippen molar-refractivity contribution in [3.63, 3.8) is 0 Å². The highest BCUT2D eigenvalue weighted by molar-refractivity contribution is 5.92. The molecule has 0 unspecified atom stereocenters. The number of hydrogen-bond donors (Lipinski definition) is 3. The highest BCUT2D eigenvalue weighted by Gasteiger charge is 2.26. The molecule has 0 atom stereocenters. The van der Waals surface area contributed by atoms with Crippen LogP contribution in [0.4, 0.5) is 5.69 Å². The number of guanidine groups is 1. The maximum Gasteiger partial charge on any atom is 0.227 e. The highest BCUT2D eigenvalue weighted by Crippen LogP contribution is 2.16. The van der Waals surface area contributed by atoms with E-state index < -0.39 is 5.41 Å². The van der Waals surface area contributed by atoms with Crippen LogP contribution < -0.4 is 16.4 Å². The number of aliphatic imine (C=N–C) groups is 1. The molecule has 0 fully saturated rings. The van der Waals surface area contributed by atoms with E-state index in [0.717, 1.165) is 12.1 Å². The Morgan fingerprint density at radius 1 is 1.33 bits per heavy atom. The molecule has 0 aromatic heterocycles. The molecular formula is C16H26N4O. The number of nitrogens with two attached hydrogens (primary N) is 1. The zero-order valence-corrected chi connectivity index (χ0v) is 13.4. The first-order valence-corrected chi connectivity index (χ1v) is 7.33. The summed E-state index contributed by atoms with van der Waals surface area (Å²) in [6.07, 6.45) is 0.969. The van der Waals surface area contributed by atoms with Crippen LogP contribution in [-0.4, -0.2) is 25.0 Å². The third kappa shape index (κ3) is 5.45. The van der Waals surface area contributed by atoms with E-state index in [1.54, 1.807) is 0 Å². The Morgan fingerprint density at radius 3 is 2.67 bits per heavy atom. The number of rotatable bonds is 6. The molecule has 1 aromatic rings. The molecule has 0 saturated carbocycles. The van der Waals surface area contributed by atoms with Crippen molar-refractivity contribution < 1.29 is 4.79 Å². The number of anilines is 1.